The lowest BCUT2D eigenvalue weighted by atomic mass is 9.94. The van der Waals surface area contributed by atoms with Gasteiger partial charge in [0.2, 0.25) is 0 Å². The second-order valence-corrected chi connectivity index (χ2v) is 3.12. The van der Waals surface area contributed by atoms with Crippen LogP contribution in [-0.2, 0) is 0 Å². The van der Waals surface area contributed by atoms with Gasteiger partial charge >= 0.3 is 0 Å². The van der Waals surface area contributed by atoms with Gasteiger partial charge in [0, 0.05) is 24.8 Å². The molecule has 2 rings (SSSR count). The highest BCUT2D eigenvalue weighted by Crippen LogP contribution is 2.22. The summed E-state index contributed by atoms with van der Waals surface area (Å²) < 4.78 is 0. The first kappa shape index (κ1) is 9.35. The van der Waals surface area contributed by atoms with Crippen LogP contribution in [0.25, 0.3) is 0 Å². The van der Waals surface area contributed by atoms with Crippen molar-refractivity contribution in [3.8, 4) is 6.07 Å². The van der Waals surface area contributed by atoms with Crippen LogP contribution in [0.15, 0.2) is 49.1 Å². The molecule has 0 fully saturated rings. The van der Waals surface area contributed by atoms with Gasteiger partial charge in [-0.3, -0.25) is 9.97 Å². The zero-order chi connectivity index (χ0) is 10.5. The van der Waals surface area contributed by atoms with Crippen molar-refractivity contribution in [2.75, 3.05) is 0 Å². The quantitative estimate of drug-likeness (QED) is 0.737. The average molecular weight is 195 g/mol. The molecular formula is C12H9N3. The summed E-state index contributed by atoms with van der Waals surface area (Å²) in [7, 11) is 0. The molecule has 3 nitrogen and oxygen atoms in total. The van der Waals surface area contributed by atoms with Crippen molar-refractivity contribution in [2.45, 2.75) is 5.92 Å². The zero-order valence-electron chi connectivity index (χ0n) is 8.04. The van der Waals surface area contributed by atoms with E-state index >= 15 is 0 Å². The van der Waals surface area contributed by atoms with Crippen LogP contribution >= 0.6 is 0 Å². The Kier molecular flexibility index (Phi) is 2.70. The highest BCUT2D eigenvalue weighted by Gasteiger charge is 2.11. The number of aromatic nitrogens is 2. The van der Waals surface area contributed by atoms with Crippen LogP contribution in [0.4, 0.5) is 0 Å². The molecule has 0 radical (unpaired) electrons. The summed E-state index contributed by atoms with van der Waals surface area (Å²) in [6.07, 6.45) is 6.78. The molecule has 2 aromatic heterocycles. The van der Waals surface area contributed by atoms with E-state index in [0.717, 1.165) is 11.1 Å². The van der Waals surface area contributed by atoms with E-state index in [1.165, 1.54) is 0 Å². The van der Waals surface area contributed by atoms with Gasteiger partial charge in [0.25, 0.3) is 0 Å². The summed E-state index contributed by atoms with van der Waals surface area (Å²) >= 11 is 0. The molecule has 0 bridgehead atoms. The Morgan fingerprint density at radius 2 is 1.27 bits per heavy atom. The molecule has 72 valence electrons. The minimum Gasteiger partial charge on any atom is -0.265 e. The predicted octanol–water partition coefficient (Wildman–Crippen LogP) is 2.13. The maximum absolute atomic E-state index is 9.14. The van der Waals surface area contributed by atoms with E-state index in [4.69, 9.17) is 5.26 Å². The van der Waals surface area contributed by atoms with Crippen molar-refractivity contribution in [1.82, 2.24) is 9.97 Å². The van der Waals surface area contributed by atoms with E-state index in [1.54, 1.807) is 24.8 Å². The molecule has 0 atom stereocenters. The summed E-state index contributed by atoms with van der Waals surface area (Å²) in [6.45, 7) is 0. The SMILES string of the molecule is N#CC(c1ccncc1)c1ccncc1. The summed E-state index contributed by atoms with van der Waals surface area (Å²) in [5.41, 5.74) is 1.91. The molecular weight excluding hydrogens is 186 g/mol. The zero-order valence-corrected chi connectivity index (χ0v) is 8.04. The molecule has 0 aliphatic heterocycles. The third-order valence-corrected chi connectivity index (χ3v) is 2.21. The molecule has 0 spiro atoms. The monoisotopic (exact) mass is 195 g/mol. The smallest absolute Gasteiger partial charge is 0.0964 e. The summed E-state index contributed by atoms with van der Waals surface area (Å²) in [5.74, 6) is -0.240. The van der Waals surface area contributed by atoms with Crippen molar-refractivity contribution in [3.05, 3.63) is 60.2 Å². The van der Waals surface area contributed by atoms with Crippen LogP contribution in [0, 0.1) is 11.3 Å². The van der Waals surface area contributed by atoms with Gasteiger partial charge in [-0.2, -0.15) is 5.26 Å². The average Bonchev–Trinajstić information content (AvgIpc) is 2.33. The van der Waals surface area contributed by atoms with E-state index in [9.17, 15) is 0 Å². The van der Waals surface area contributed by atoms with Crippen molar-refractivity contribution in [3.63, 3.8) is 0 Å². The number of hydrogen-bond donors (Lipinski definition) is 0. The molecule has 2 heterocycles. The van der Waals surface area contributed by atoms with Gasteiger partial charge in [0.1, 0.15) is 0 Å². The van der Waals surface area contributed by atoms with Crippen LogP contribution in [-0.4, -0.2) is 9.97 Å². The van der Waals surface area contributed by atoms with E-state index in [-0.39, 0.29) is 5.92 Å². The van der Waals surface area contributed by atoms with E-state index in [2.05, 4.69) is 16.0 Å². The number of rotatable bonds is 2. The second-order valence-electron chi connectivity index (χ2n) is 3.12. The number of hydrogen-bond acceptors (Lipinski definition) is 3. The fraction of sp³-hybridized carbons (Fsp3) is 0.0833. The van der Waals surface area contributed by atoms with Crippen LogP contribution in [0.2, 0.25) is 0 Å². The van der Waals surface area contributed by atoms with E-state index < -0.39 is 0 Å². The molecule has 0 N–H and O–H groups in total. The first-order valence-corrected chi connectivity index (χ1v) is 4.61. The molecule has 0 aromatic carbocycles. The summed E-state index contributed by atoms with van der Waals surface area (Å²) in [6, 6.07) is 9.70. The third-order valence-electron chi connectivity index (χ3n) is 2.21. The van der Waals surface area contributed by atoms with Gasteiger partial charge in [-0.05, 0) is 35.4 Å². The number of pyridine rings is 2. The molecule has 15 heavy (non-hydrogen) atoms. The summed E-state index contributed by atoms with van der Waals surface area (Å²) in [4.78, 5) is 7.87. The first-order valence-electron chi connectivity index (χ1n) is 4.61. The Labute approximate surface area is 88.1 Å². The van der Waals surface area contributed by atoms with Crippen molar-refractivity contribution in [1.29, 1.82) is 5.26 Å². The lowest BCUT2D eigenvalue weighted by molar-refractivity contribution is 1.02. The fourth-order valence-electron chi connectivity index (χ4n) is 1.45. The minimum atomic E-state index is -0.240. The highest BCUT2D eigenvalue weighted by atomic mass is 14.6. The van der Waals surface area contributed by atoms with E-state index in [0.29, 0.717) is 0 Å². The molecule has 2 aromatic rings. The van der Waals surface area contributed by atoms with Crippen molar-refractivity contribution < 1.29 is 0 Å². The normalized spacial score (nSPS) is 9.87. The molecule has 0 aliphatic carbocycles. The Morgan fingerprint density at radius 3 is 1.60 bits per heavy atom. The Balaban J connectivity index is 2.39. The number of nitriles is 1. The first-order chi connectivity index (χ1) is 7.42. The maximum atomic E-state index is 9.14. The Bertz CT molecular complexity index is 420. The highest BCUT2D eigenvalue weighted by molar-refractivity contribution is 5.35. The lowest BCUT2D eigenvalue weighted by Gasteiger charge is -2.08. The van der Waals surface area contributed by atoms with Gasteiger partial charge in [-0.25, -0.2) is 0 Å². The molecule has 0 saturated carbocycles. The summed E-state index contributed by atoms with van der Waals surface area (Å²) in [5, 5.41) is 9.14. The molecule has 0 unspecified atom stereocenters. The van der Waals surface area contributed by atoms with Crippen molar-refractivity contribution in [2.24, 2.45) is 0 Å². The molecule has 0 amide bonds. The van der Waals surface area contributed by atoms with Gasteiger partial charge in [0.15, 0.2) is 0 Å². The van der Waals surface area contributed by atoms with Crippen LogP contribution < -0.4 is 0 Å². The topological polar surface area (TPSA) is 49.6 Å². The largest absolute Gasteiger partial charge is 0.265 e. The molecule has 0 saturated heterocycles. The second kappa shape index (κ2) is 4.34. The minimum absolute atomic E-state index is 0.240. The van der Waals surface area contributed by atoms with Gasteiger partial charge in [-0.15, -0.1) is 0 Å². The fourth-order valence-corrected chi connectivity index (χ4v) is 1.45. The van der Waals surface area contributed by atoms with Gasteiger partial charge in [0.05, 0.1) is 12.0 Å². The molecule has 3 heteroatoms. The maximum Gasteiger partial charge on any atom is 0.0964 e. The Morgan fingerprint density at radius 1 is 0.867 bits per heavy atom. The van der Waals surface area contributed by atoms with E-state index in [1.807, 2.05) is 24.3 Å². The van der Waals surface area contributed by atoms with Crippen LogP contribution in [0.3, 0.4) is 0 Å². The van der Waals surface area contributed by atoms with Gasteiger partial charge in [-0.1, -0.05) is 0 Å². The number of nitrogens with zero attached hydrogens (tertiary/aromatic N) is 3. The standard InChI is InChI=1S/C12H9N3/c13-9-12(10-1-5-14-6-2-10)11-3-7-15-8-4-11/h1-8,12H. The van der Waals surface area contributed by atoms with Crippen molar-refractivity contribution >= 4 is 0 Å². The van der Waals surface area contributed by atoms with Gasteiger partial charge < -0.3 is 0 Å². The van der Waals surface area contributed by atoms with Crippen LogP contribution in [0.1, 0.15) is 17.0 Å². The van der Waals surface area contributed by atoms with Crippen LogP contribution in [0.5, 0.6) is 0 Å². The lowest BCUT2D eigenvalue weighted by Crippen LogP contribution is -1.98. The Hall–Kier alpha value is -2.21. The predicted molar refractivity (Wildman–Crippen MR) is 55.9 cm³/mol. The third kappa shape index (κ3) is 2.00. The molecule has 0 aliphatic rings.